The minimum Gasteiger partial charge on any atom is -0.458 e. The summed E-state index contributed by atoms with van der Waals surface area (Å²) in [5, 5.41) is 3.05. The summed E-state index contributed by atoms with van der Waals surface area (Å²) < 4.78 is 6.97. The number of nitrogens with zero attached hydrogens (tertiary/aromatic N) is 2. The number of esters is 1. The normalized spacial score (nSPS) is 22.6. The molecule has 3 aromatic rings. The predicted molar refractivity (Wildman–Crippen MR) is 117 cm³/mol. The molecule has 1 atom stereocenters. The van der Waals surface area contributed by atoms with Crippen LogP contribution in [0.25, 0.3) is 10.1 Å². The average Bonchev–Trinajstić information content (AvgIpc) is 3.44. The summed E-state index contributed by atoms with van der Waals surface area (Å²) in [5.74, 6) is -0.867. The Morgan fingerprint density at radius 3 is 2.71 bits per heavy atom. The van der Waals surface area contributed by atoms with Gasteiger partial charge in [0.25, 0.3) is 5.91 Å². The van der Waals surface area contributed by atoms with Crippen molar-refractivity contribution in [3.63, 3.8) is 0 Å². The van der Waals surface area contributed by atoms with Crippen LogP contribution in [0.15, 0.2) is 53.9 Å². The molecule has 1 aliphatic carbocycles. The molecule has 2 fully saturated rings. The summed E-state index contributed by atoms with van der Waals surface area (Å²) in [5.41, 5.74) is 0.513. The Morgan fingerprint density at radius 2 is 1.87 bits per heavy atom. The largest absolute Gasteiger partial charge is 0.458 e. The Morgan fingerprint density at radius 1 is 1.10 bits per heavy atom. The molecule has 1 saturated carbocycles. The van der Waals surface area contributed by atoms with Gasteiger partial charge in [0.2, 0.25) is 11.6 Å². The Balaban J connectivity index is 1.40. The van der Waals surface area contributed by atoms with Gasteiger partial charge in [0, 0.05) is 29.1 Å². The van der Waals surface area contributed by atoms with Gasteiger partial charge in [-0.1, -0.05) is 30.3 Å². The van der Waals surface area contributed by atoms with Crippen LogP contribution in [0.5, 0.6) is 0 Å². The van der Waals surface area contributed by atoms with Crippen molar-refractivity contribution in [2.24, 2.45) is 0 Å². The van der Waals surface area contributed by atoms with Gasteiger partial charge in [0.15, 0.2) is 0 Å². The van der Waals surface area contributed by atoms with Crippen LogP contribution in [0.1, 0.15) is 41.6 Å². The van der Waals surface area contributed by atoms with Crippen LogP contribution in [0.4, 0.5) is 5.69 Å². The molecular formula is C24H20N2O4S. The van der Waals surface area contributed by atoms with Crippen molar-refractivity contribution in [1.82, 2.24) is 4.90 Å². The second-order valence-electron chi connectivity index (χ2n) is 8.30. The molecular weight excluding hydrogens is 412 g/mol. The number of benzene rings is 2. The molecule has 0 N–H and O–H groups in total. The van der Waals surface area contributed by atoms with E-state index in [9.17, 15) is 14.4 Å². The number of para-hydroxylation sites is 1. The van der Waals surface area contributed by atoms with Gasteiger partial charge in [-0.05, 0) is 41.8 Å². The summed E-state index contributed by atoms with van der Waals surface area (Å²) in [7, 11) is 0. The van der Waals surface area contributed by atoms with Gasteiger partial charge in [0.05, 0.1) is 11.3 Å². The lowest BCUT2D eigenvalue weighted by molar-refractivity contribution is -0.159. The lowest BCUT2D eigenvalue weighted by atomic mass is 9.96. The van der Waals surface area contributed by atoms with E-state index >= 15 is 0 Å². The number of thiophene rings is 1. The maximum Gasteiger partial charge on any atom is 0.354 e. The van der Waals surface area contributed by atoms with Gasteiger partial charge in [0.1, 0.15) is 6.61 Å². The minimum absolute atomic E-state index is 0.0382. The van der Waals surface area contributed by atoms with Gasteiger partial charge in [-0.25, -0.2) is 4.79 Å². The van der Waals surface area contributed by atoms with Crippen molar-refractivity contribution in [1.29, 1.82) is 0 Å². The maximum absolute atomic E-state index is 13.7. The van der Waals surface area contributed by atoms with Crippen molar-refractivity contribution in [3.8, 4) is 0 Å². The lowest BCUT2D eigenvalue weighted by Crippen LogP contribution is -2.69. The van der Waals surface area contributed by atoms with Gasteiger partial charge < -0.3 is 9.64 Å². The zero-order valence-corrected chi connectivity index (χ0v) is 17.6. The molecule has 156 valence electrons. The molecule has 7 heteroatoms. The van der Waals surface area contributed by atoms with E-state index < -0.39 is 11.6 Å². The SMILES string of the molecule is O=C1CCC2(C(=O)OCc3csc4ccccc34)N1c1ccccc1C(=O)N2C1CC1. The minimum atomic E-state index is -1.39. The number of anilines is 1. The fourth-order valence-electron chi connectivity index (χ4n) is 4.92. The summed E-state index contributed by atoms with van der Waals surface area (Å²) in [4.78, 5) is 43.2. The van der Waals surface area contributed by atoms with Gasteiger partial charge in [-0.15, -0.1) is 11.3 Å². The lowest BCUT2D eigenvalue weighted by Gasteiger charge is -2.48. The van der Waals surface area contributed by atoms with Crippen molar-refractivity contribution < 1.29 is 19.1 Å². The molecule has 0 spiro atoms. The Kier molecular flexibility index (Phi) is 3.99. The van der Waals surface area contributed by atoms with E-state index in [1.807, 2.05) is 29.6 Å². The zero-order chi connectivity index (χ0) is 21.2. The highest BCUT2D eigenvalue weighted by Gasteiger charge is 2.64. The van der Waals surface area contributed by atoms with Gasteiger partial charge in [-0.3, -0.25) is 14.5 Å². The summed E-state index contributed by atoms with van der Waals surface area (Å²) >= 11 is 1.61. The van der Waals surface area contributed by atoms with Crippen molar-refractivity contribution in [3.05, 3.63) is 65.0 Å². The maximum atomic E-state index is 13.7. The fraction of sp³-hybridized carbons (Fsp3) is 0.292. The summed E-state index contributed by atoms with van der Waals surface area (Å²) in [6.07, 6.45) is 2.13. The Labute approximate surface area is 183 Å². The van der Waals surface area contributed by atoms with Crippen LogP contribution in [-0.2, 0) is 20.9 Å². The van der Waals surface area contributed by atoms with E-state index in [1.54, 1.807) is 40.5 Å². The summed E-state index contributed by atoms with van der Waals surface area (Å²) in [6.45, 7) is 0.112. The van der Waals surface area contributed by atoms with E-state index in [-0.39, 0.29) is 37.3 Å². The second kappa shape index (κ2) is 6.65. The van der Waals surface area contributed by atoms with Crippen LogP contribution in [0.2, 0.25) is 0 Å². The molecule has 1 saturated heterocycles. The molecule has 0 radical (unpaired) electrons. The molecule has 2 aromatic carbocycles. The van der Waals surface area contributed by atoms with Gasteiger partial charge in [-0.2, -0.15) is 0 Å². The monoisotopic (exact) mass is 432 g/mol. The molecule has 3 heterocycles. The molecule has 2 aliphatic heterocycles. The number of fused-ring (bicyclic) bond motifs is 4. The zero-order valence-electron chi connectivity index (χ0n) is 16.7. The van der Waals surface area contributed by atoms with E-state index in [2.05, 4.69) is 0 Å². The molecule has 6 nitrogen and oxygen atoms in total. The van der Waals surface area contributed by atoms with E-state index in [4.69, 9.17) is 4.74 Å². The predicted octanol–water partition coefficient (Wildman–Crippen LogP) is 4.09. The topological polar surface area (TPSA) is 66.9 Å². The molecule has 31 heavy (non-hydrogen) atoms. The van der Waals surface area contributed by atoms with Gasteiger partial charge >= 0.3 is 5.97 Å². The van der Waals surface area contributed by atoms with E-state index in [1.165, 1.54) is 4.90 Å². The second-order valence-corrected chi connectivity index (χ2v) is 9.21. The molecule has 0 bridgehead atoms. The number of amides is 2. The highest BCUT2D eigenvalue weighted by Crippen LogP contribution is 2.49. The highest BCUT2D eigenvalue weighted by atomic mass is 32.1. The molecule has 1 unspecified atom stereocenters. The molecule has 2 amide bonds. The first kappa shape index (κ1) is 18.6. The van der Waals surface area contributed by atoms with Crippen LogP contribution in [-0.4, -0.2) is 34.4 Å². The third kappa shape index (κ3) is 2.59. The number of hydrogen-bond donors (Lipinski definition) is 0. The third-order valence-electron chi connectivity index (χ3n) is 6.46. The molecule has 3 aliphatic rings. The standard InChI is InChI=1S/C24H20N2O4S/c27-21-11-12-24(23(29)30-13-15-14-31-20-8-4-2-5-17(15)20)25(16-9-10-16)22(28)18-6-1-3-7-19(18)26(21)24/h1-8,14,16H,9-13H2. The third-order valence-corrected chi connectivity index (χ3v) is 7.47. The van der Waals surface area contributed by atoms with Crippen molar-refractivity contribution in [2.45, 2.75) is 44.0 Å². The van der Waals surface area contributed by atoms with Crippen LogP contribution >= 0.6 is 11.3 Å². The Bertz CT molecular complexity index is 1250. The smallest absolute Gasteiger partial charge is 0.354 e. The van der Waals surface area contributed by atoms with Crippen molar-refractivity contribution >= 4 is 44.9 Å². The fourth-order valence-corrected chi connectivity index (χ4v) is 5.86. The number of carbonyl (C=O) groups excluding carboxylic acids is 3. The first-order chi connectivity index (χ1) is 15.1. The number of hydrogen-bond acceptors (Lipinski definition) is 5. The molecule has 1 aromatic heterocycles. The van der Waals surface area contributed by atoms with Crippen LogP contribution in [0.3, 0.4) is 0 Å². The van der Waals surface area contributed by atoms with Crippen LogP contribution in [0, 0.1) is 0 Å². The average molecular weight is 433 g/mol. The van der Waals surface area contributed by atoms with E-state index in [0.717, 1.165) is 28.5 Å². The Hall–Kier alpha value is -3.19. The summed E-state index contributed by atoms with van der Waals surface area (Å²) in [6, 6.07) is 15.0. The quantitative estimate of drug-likeness (QED) is 0.583. The first-order valence-electron chi connectivity index (χ1n) is 10.5. The number of carbonyl (C=O) groups is 3. The number of rotatable bonds is 4. The van der Waals surface area contributed by atoms with E-state index in [0.29, 0.717) is 11.3 Å². The first-order valence-corrected chi connectivity index (χ1v) is 11.4. The molecule has 6 rings (SSSR count). The highest BCUT2D eigenvalue weighted by molar-refractivity contribution is 7.17. The number of ether oxygens (including phenoxy) is 1. The van der Waals surface area contributed by atoms with Crippen LogP contribution < -0.4 is 4.90 Å². The van der Waals surface area contributed by atoms with Crippen molar-refractivity contribution in [2.75, 3.05) is 4.90 Å².